The van der Waals surface area contributed by atoms with Crippen molar-refractivity contribution in [3.05, 3.63) is 0 Å². The molecule has 0 aromatic rings. The zero-order valence-electron chi connectivity index (χ0n) is 12.4. The van der Waals surface area contributed by atoms with E-state index in [2.05, 4.69) is 49.7 Å². The van der Waals surface area contributed by atoms with Gasteiger partial charge in [-0.2, -0.15) is 0 Å². The van der Waals surface area contributed by atoms with Crippen molar-refractivity contribution in [2.75, 3.05) is 45.8 Å². The third-order valence-corrected chi connectivity index (χ3v) is 3.65. The second-order valence-corrected chi connectivity index (χ2v) is 6.27. The molecule has 1 saturated heterocycles. The molecule has 1 heterocycles. The summed E-state index contributed by atoms with van der Waals surface area (Å²) in [6, 6.07) is 0. The molecule has 0 aromatic carbocycles. The Balaban J connectivity index is 2.49. The molecule has 0 atom stereocenters. The first-order chi connectivity index (χ1) is 7.95. The van der Waals surface area contributed by atoms with Crippen LogP contribution in [0.2, 0.25) is 0 Å². The van der Waals surface area contributed by atoms with Crippen molar-refractivity contribution in [2.24, 2.45) is 5.92 Å². The van der Waals surface area contributed by atoms with Gasteiger partial charge >= 0.3 is 0 Å². The molecule has 0 saturated carbocycles. The lowest BCUT2D eigenvalue weighted by Crippen LogP contribution is -2.57. The quantitative estimate of drug-likeness (QED) is 0.763. The molecular formula is C14H31N3. The number of hydrogen-bond acceptors (Lipinski definition) is 3. The Kier molecular flexibility index (Phi) is 5.90. The van der Waals surface area contributed by atoms with Crippen LogP contribution in [0.4, 0.5) is 0 Å². The van der Waals surface area contributed by atoms with Gasteiger partial charge in [0.25, 0.3) is 0 Å². The van der Waals surface area contributed by atoms with Gasteiger partial charge in [0, 0.05) is 44.8 Å². The average molecular weight is 241 g/mol. The van der Waals surface area contributed by atoms with Gasteiger partial charge in [-0.25, -0.2) is 0 Å². The van der Waals surface area contributed by atoms with Crippen LogP contribution in [0, 0.1) is 5.92 Å². The Bertz CT molecular complexity index is 208. The Morgan fingerprint density at radius 2 is 1.82 bits per heavy atom. The van der Waals surface area contributed by atoms with Gasteiger partial charge in [-0.3, -0.25) is 4.90 Å². The van der Waals surface area contributed by atoms with E-state index in [-0.39, 0.29) is 0 Å². The number of nitrogens with one attached hydrogen (secondary N) is 1. The SMILES string of the molecule is CCN(CC(C)C)CC(C)(C)N1CCNCC1. The lowest BCUT2D eigenvalue weighted by atomic mass is 10.00. The van der Waals surface area contributed by atoms with Crippen LogP contribution in [0.15, 0.2) is 0 Å². The predicted octanol–water partition coefficient (Wildman–Crippen LogP) is 1.65. The summed E-state index contributed by atoms with van der Waals surface area (Å²) in [6.45, 7) is 19.9. The molecule has 1 rings (SSSR count). The standard InChI is InChI=1S/C14H31N3/c1-6-16(11-13(2)3)12-14(4,5)17-9-7-15-8-10-17/h13,15H,6-12H2,1-5H3. The van der Waals surface area contributed by atoms with Crippen LogP contribution < -0.4 is 5.32 Å². The Morgan fingerprint density at radius 1 is 1.24 bits per heavy atom. The van der Waals surface area contributed by atoms with Crippen molar-refractivity contribution in [1.82, 2.24) is 15.1 Å². The van der Waals surface area contributed by atoms with Crippen molar-refractivity contribution in [1.29, 1.82) is 0 Å². The second kappa shape index (κ2) is 6.72. The first-order valence-electron chi connectivity index (χ1n) is 7.14. The number of likely N-dealkylation sites (N-methyl/N-ethyl adjacent to an activating group) is 1. The molecule has 0 bridgehead atoms. The molecule has 0 radical (unpaired) electrons. The Morgan fingerprint density at radius 3 is 2.29 bits per heavy atom. The highest BCUT2D eigenvalue weighted by Gasteiger charge is 2.29. The third-order valence-electron chi connectivity index (χ3n) is 3.65. The maximum absolute atomic E-state index is 3.43. The first kappa shape index (κ1) is 14.9. The minimum Gasteiger partial charge on any atom is -0.314 e. The number of rotatable bonds is 6. The molecular weight excluding hydrogens is 210 g/mol. The molecule has 17 heavy (non-hydrogen) atoms. The van der Waals surface area contributed by atoms with Gasteiger partial charge in [0.1, 0.15) is 0 Å². The summed E-state index contributed by atoms with van der Waals surface area (Å²) in [4.78, 5) is 5.22. The molecule has 1 aliphatic rings. The van der Waals surface area contributed by atoms with Crippen LogP contribution in [0.1, 0.15) is 34.6 Å². The van der Waals surface area contributed by atoms with Gasteiger partial charge in [0.05, 0.1) is 0 Å². The normalized spacial score (nSPS) is 19.2. The molecule has 102 valence electrons. The van der Waals surface area contributed by atoms with E-state index >= 15 is 0 Å². The molecule has 1 aliphatic heterocycles. The molecule has 0 aliphatic carbocycles. The molecule has 0 aromatic heterocycles. The van der Waals surface area contributed by atoms with E-state index in [0.717, 1.165) is 25.6 Å². The Labute approximate surface area is 108 Å². The minimum atomic E-state index is 0.299. The van der Waals surface area contributed by atoms with E-state index < -0.39 is 0 Å². The first-order valence-corrected chi connectivity index (χ1v) is 7.14. The maximum Gasteiger partial charge on any atom is 0.0281 e. The van der Waals surface area contributed by atoms with Crippen LogP contribution in [-0.4, -0.2) is 61.2 Å². The summed E-state index contributed by atoms with van der Waals surface area (Å²) >= 11 is 0. The van der Waals surface area contributed by atoms with E-state index in [0.29, 0.717) is 5.54 Å². The molecule has 3 nitrogen and oxygen atoms in total. The van der Waals surface area contributed by atoms with E-state index in [1.54, 1.807) is 0 Å². The van der Waals surface area contributed by atoms with Crippen molar-refractivity contribution in [2.45, 2.75) is 40.2 Å². The fourth-order valence-corrected chi connectivity index (χ4v) is 2.74. The van der Waals surface area contributed by atoms with Crippen molar-refractivity contribution in [3.63, 3.8) is 0 Å². The van der Waals surface area contributed by atoms with Crippen molar-refractivity contribution < 1.29 is 0 Å². The molecule has 1 N–H and O–H groups in total. The summed E-state index contributed by atoms with van der Waals surface area (Å²) in [7, 11) is 0. The fraction of sp³-hybridized carbons (Fsp3) is 1.00. The van der Waals surface area contributed by atoms with Crippen LogP contribution in [0.5, 0.6) is 0 Å². The highest BCUT2D eigenvalue weighted by molar-refractivity contribution is 4.87. The predicted molar refractivity (Wildman–Crippen MR) is 75.5 cm³/mol. The summed E-state index contributed by atoms with van der Waals surface area (Å²) in [5.74, 6) is 0.758. The third kappa shape index (κ3) is 4.94. The van der Waals surface area contributed by atoms with E-state index in [1.165, 1.54) is 26.2 Å². The monoisotopic (exact) mass is 241 g/mol. The van der Waals surface area contributed by atoms with Crippen LogP contribution in [0.3, 0.4) is 0 Å². The van der Waals surface area contributed by atoms with E-state index in [4.69, 9.17) is 0 Å². The summed E-state index contributed by atoms with van der Waals surface area (Å²) in [5.41, 5.74) is 0.299. The van der Waals surface area contributed by atoms with Crippen molar-refractivity contribution in [3.8, 4) is 0 Å². The van der Waals surface area contributed by atoms with E-state index in [1.807, 2.05) is 0 Å². The maximum atomic E-state index is 3.43. The molecule has 1 fully saturated rings. The summed E-state index contributed by atoms with van der Waals surface area (Å²) in [5, 5.41) is 3.43. The van der Waals surface area contributed by atoms with Gasteiger partial charge in [-0.05, 0) is 26.3 Å². The fourth-order valence-electron chi connectivity index (χ4n) is 2.74. The highest BCUT2D eigenvalue weighted by atomic mass is 15.3. The lowest BCUT2D eigenvalue weighted by Gasteiger charge is -2.44. The lowest BCUT2D eigenvalue weighted by molar-refractivity contribution is 0.0611. The smallest absolute Gasteiger partial charge is 0.0281 e. The van der Waals surface area contributed by atoms with Crippen LogP contribution >= 0.6 is 0 Å². The van der Waals surface area contributed by atoms with Gasteiger partial charge in [0.2, 0.25) is 0 Å². The molecule has 0 spiro atoms. The minimum absolute atomic E-state index is 0.299. The van der Waals surface area contributed by atoms with Crippen molar-refractivity contribution >= 4 is 0 Å². The summed E-state index contributed by atoms with van der Waals surface area (Å²) < 4.78 is 0. The number of hydrogen-bond donors (Lipinski definition) is 1. The zero-order valence-corrected chi connectivity index (χ0v) is 12.4. The molecule has 3 heteroatoms. The number of nitrogens with zero attached hydrogens (tertiary/aromatic N) is 2. The van der Waals surface area contributed by atoms with Gasteiger partial charge in [-0.1, -0.05) is 20.8 Å². The molecule has 0 unspecified atom stereocenters. The Hall–Kier alpha value is -0.120. The molecule has 0 amide bonds. The highest BCUT2D eigenvalue weighted by Crippen LogP contribution is 2.17. The average Bonchev–Trinajstić information content (AvgIpc) is 2.28. The summed E-state index contributed by atoms with van der Waals surface area (Å²) in [6.07, 6.45) is 0. The van der Waals surface area contributed by atoms with E-state index in [9.17, 15) is 0 Å². The topological polar surface area (TPSA) is 18.5 Å². The van der Waals surface area contributed by atoms with Crippen LogP contribution in [-0.2, 0) is 0 Å². The van der Waals surface area contributed by atoms with Gasteiger partial charge < -0.3 is 10.2 Å². The van der Waals surface area contributed by atoms with Gasteiger partial charge in [-0.15, -0.1) is 0 Å². The van der Waals surface area contributed by atoms with Crippen LogP contribution in [0.25, 0.3) is 0 Å². The van der Waals surface area contributed by atoms with Gasteiger partial charge in [0.15, 0.2) is 0 Å². The largest absolute Gasteiger partial charge is 0.314 e. The zero-order chi connectivity index (χ0) is 12.9. The second-order valence-electron chi connectivity index (χ2n) is 6.27. The number of piperazine rings is 1.